The number of aromatic nitrogens is 3. The predicted molar refractivity (Wildman–Crippen MR) is 81.1 cm³/mol. The highest BCUT2D eigenvalue weighted by molar-refractivity contribution is 5.92. The van der Waals surface area contributed by atoms with Crippen LogP contribution in [0.4, 0.5) is 4.39 Å². The quantitative estimate of drug-likeness (QED) is 0.783. The molecule has 23 heavy (non-hydrogen) atoms. The first-order valence-electron chi connectivity index (χ1n) is 7.11. The fourth-order valence-electron chi connectivity index (χ4n) is 2.17. The highest BCUT2D eigenvalue weighted by atomic mass is 19.1. The predicted octanol–water partition coefficient (Wildman–Crippen LogP) is 2.19. The third-order valence-corrected chi connectivity index (χ3v) is 3.41. The van der Waals surface area contributed by atoms with Crippen LogP contribution >= 0.6 is 0 Å². The molecule has 1 N–H and O–H groups in total. The Morgan fingerprint density at radius 2 is 2.13 bits per heavy atom. The van der Waals surface area contributed by atoms with Crippen LogP contribution in [0.1, 0.15) is 16.4 Å². The molecule has 2 aromatic heterocycles. The molecule has 0 bridgehead atoms. The summed E-state index contributed by atoms with van der Waals surface area (Å²) in [4.78, 5) is 12.0. The SMILES string of the molecule is Cn1cnnc1CCNC(=O)c1ccc(-c2ccccc2F)o1. The van der Waals surface area contributed by atoms with Gasteiger partial charge in [0.15, 0.2) is 5.76 Å². The molecule has 0 atom stereocenters. The fraction of sp³-hybridized carbons (Fsp3) is 0.188. The number of hydrogen-bond acceptors (Lipinski definition) is 4. The van der Waals surface area contributed by atoms with E-state index in [0.717, 1.165) is 5.82 Å². The Morgan fingerprint density at radius 1 is 1.30 bits per heavy atom. The number of carbonyl (C=O) groups excluding carboxylic acids is 1. The van der Waals surface area contributed by atoms with E-state index in [-0.39, 0.29) is 11.7 Å². The zero-order valence-electron chi connectivity index (χ0n) is 12.5. The van der Waals surface area contributed by atoms with Crippen molar-refractivity contribution < 1.29 is 13.6 Å². The number of carbonyl (C=O) groups is 1. The Labute approximate surface area is 132 Å². The summed E-state index contributed by atoms with van der Waals surface area (Å²) < 4.78 is 20.9. The molecular weight excluding hydrogens is 299 g/mol. The topological polar surface area (TPSA) is 73.0 Å². The summed E-state index contributed by atoms with van der Waals surface area (Å²) in [6.07, 6.45) is 2.16. The van der Waals surface area contributed by atoms with E-state index >= 15 is 0 Å². The summed E-state index contributed by atoms with van der Waals surface area (Å²) in [5.74, 6) is 0.491. The van der Waals surface area contributed by atoms with E-state index in [1.807, 2.05) is 7.05 Å². The molecule has 118 valence electrons. The van der Waals surface area contributed by atoms with Gasteiger partial charge in [-0.05, 0) is 24.3 Å². The second-order valence-electron chi connectivity index (χ2n) is 5.01. The van der Waals surface area contributed by atoms with Crippen molar-refractivity contribution >= 4 is 5.91 Å². The van der Waals surface area contributed by atoms with Crippen LogP contribution < -0.4 is 5.32 Å². The summed E-state index contributed by atoms with van der Waals surface area (Å²) in [7, 11) is 1.84. The number of aryl methyl sites for hydroxylation is 1. The van der Waals surface area contributed by atoms with Gasteiger partial charge in [0.1, 0.15) is 23.7 Å². The molecule has 6 nitrogen and oxygen atoms in total. The maximum atomic E-state index is 13.7. The molecule has 0 saturated heterocycles. The standard InChI is InChI=1S/C16H15FN4O2/c1-21-10-19-20-15(21)8-9-18-16(22)14-7-6-13(23-14)11-4-2-3-5-12(11)17/h2-7,10H,8-9H2,1H3,(H,18,22). The van der Waals surface area contributed by atoms with Crippen LogP contribution in [-0.4, -0.2) is 27.2 Å². The van der Waals surface area contributed by atoms with Crippen LogP contribution in [0, 0.1) is 5.82 Å². The highest BCUT2D eigenvalue weighted by Gasteiger charge is 2.14. The summed E-state index contributed by atoms with van der Waals surface area (Å²) in [5.41, 5.74) is 0.325. The van der Waals surface area contributed by atoms with E-state index in [4.69, 9.17) is 4.42 Å². The van der Waals surface area contributed by atoms with Gasteiger partial charge in [0, 0.05) is 20.0 Å². The van der Waals surface area contributed by atoms with Crippen LogP contribution in [0.5, 0.6) is 0 Å². The lowest BCUT2D eigenvalue weighted by Gasteiger charge is -2.03. The van der Waals surface area contributed by atoms with Crippen molar-refractivity contribution in [3.63, 3.8) is 0 Å². The van der Waals surface area contributed by atoms with Gasteiger partial charge in [-0.1, -0.05) is 12.1 Å². The lowest BCUT2D eigenvalue weighted by molar-refractivity contribution is 0.0927. The first-order valence-corrected chi connectivity index (χ1v) is 7.11. The minimum Gasteiger partial charge on any atom is -0.451 e. The van der Waals surface area contributed by atoms with Crippen molar-refractivity contribution in [3.05, 3.63) is 60.1 Å². The smallest absolute Gasteiger partial charge is 0.287 e. The van der Waals surface area contributed by atoms with E-state index < -0.39 is 5.82 Å². The van der Waals surface area contributed by atoms with Crippen LogP contribution in [-0.2, 0) is 13.5 Å². The van der Waals surface area contributed by atoms with E-state index in [0.29, 0.717) is 24.3 Å². The third-order valence-electron chi connectivity index (χ3n) is 3.41. The number of nitrogens with zero attached hydrogens (tertiary/aromatic N) is 3. The number of amides is 1. The zero-order chi connectivity index (χ0) is 16.2. The van der Waals surface area contributed by atoms with Crippen molar-refractivity contribution in [3.8, 4) is 11.3 Å². The zero-order valence-corrected chi connectivity index (χ0v) is 12.5. The molecular formula is C16H15FN4O2. The molecule has 0 unspecified atom stereocenters. The average Bonchev–Trinajstić information content (AvgIpc) is 3.17. The second kappa shape index (κ2) is 6.43. The monoisotopic (exact) mass is 314 g/mol. The highest BCUT2D eigenvalue weighted by Crippen LogP contribution is 2.24. The lowest BCUT2D eigenvalue weighted by Crippen LogP contribution is -2.25. The molecule has 0 fully saturated rings. The van der Waals surface area contributed by atoms with Crippen molar-refractivity contribution in [1.29, 1.82) is 0 Å². The van der Waals surface area contributed by atoms with Gasteiger partial charge in [-0.15, -0.1) is 10.2 Å². The van der Waals surface area contributed by atoms with Gasteiger partial charge in [0.25, 0.3) is 5.91 Å². The molecule has 0 aliphatic heterocycles. The molecule has 0 saturated carbocycles. The van der Waals surface area contributed by atoms with Gasteiger partial charge in [0.05, 0.1) is 5.56 Å². The van der Waals surface area contributed by atoms with Crippen LogP contribution in [0.2, 0.25) is 0 Å². The van der Waals surface area contributed by atoms with Gasteiger partial charge < -0.3 is 14.3 Å². The number of hydrogen-bond donors (Lipinski definition) is 1. The van der Waals surface area contributed by atoms with Gasteiger partial charge in [-0.3, -0.25) is 4.79 Å². The second-order valence-corrected chi connectivity index (χ2v) is 5.01. The molecule has 7 heteroatoms. The van der Waals surface area contributed by atoms with Gasteiger partial charge in [0.2, 0.25) is 0 Å². The summed E-state index contributed by atoms with van der Waals surface area (Å²) in [6, 6.07) is 9.36. The van der Waals surface area contributed by atoms with Gasteiger partial charge in [-0.2, -0.15) is 0 Å². The van der Waals surface area contributed by atoms with E-state index in [1.165, 1.54) is 12.1 Å². The first kappa shape index (κ1) is 15.0. The maximum absolute atomic E-state index is 13.7. The van der Waals surface area contributed by atoms with Crippen molar-refractivity contribution in [2.75, 3.05) is 6.54 Å². The molecule has 0 aliphatic rings. The Morgan fingerprint density at radius 3 is 2.87 bits per heavy atom. The van der Waals surface area contributed by atoms with Crippen LogP contribution in [0.15, 0.2) is 47.1 Å². The molecule has 1 aromatic carbocycles. The van der Waals surface area contributed by atoms with E-state index in [2.05, 4.69) is 15.5 Å². The Hall–Kier alpha value is -2.96. The number of benzene rings is 1. The van der Waals surface area contributed by atoms with Crippen LogP contribution in [0.3, 0.4) is 0 Å². The van der Waals surface area contributed by atoms with Crippen molar-refractivity contribution in [1.82, 2.24) is 20.1 Å². The van der Waals surface area contributed by atoms with Crippen LogP contribution in [0.25, 0.3) is 11.3 Å². The van der Waals surface area contributed by atoms with E-state index in [9.17, 15) is 9.18 Å². The Bertz CT molecular complexity index is 825. The fourth-order valence-corrected chi connectivity index (χ4v) is 2.17. The minimum atomic E-state index is -0.393. The Kier molecular flexibility index (Phi) is 4.18. The summed E-state index contributed by atoms with van der Waals surface area (Å²) in [5, 5.41) is 10.4. The number of rotatable bonds is 5. The minimum absolute atomic E-state index is 0.140. The van der Waals surface area contributed by atoms with Gasteiger partial charge in [-0.25, -0.2) is 4.39 Å². The molecule has 0 spiro atoms. The average molecular weight is 314 g/mol. The Balaban J connectivity index is 1.63. The largest absolute Gasteiger partial charge is 0.451 e. The molecule has 2 heterocycles. The van der Waals surface area contributed by atoms with E-state index in [1.54, 1.807) is 35.2 Å². The number of halogens is 1. The third kappa shape index (κ3) is 3.28. The number of nitrogens with one attached hydrogen (secondary N) is 1. The van der Waals surface area contributed by atoms with Gasteiger partial charge >= 0.3 is 0 Å². The molecule has 1 amide bonds. The molecule has 3 aromatic rings. The molecule has 0 radical (unpaired) electrons. The molecule has 3 rings (SSSR count). The lowest BCUT2D eigenvalue weighted by atomic mass is 10.1. The maximum Gasteiger partial charge on any atom is 0.287 e. The normalized spacial score (nSPS) is 10.7. The summed E-state index contributed by atoms with van der Waals surface area (Å²) >= 11 is 0. The molecule has 0 aliphatic carbocycles. The van der Waals surface area contributed by atoms with Crippen molar-refractivity contribution in [2.24, 2.45) is 7.05 Å². The summed E-state index contributed by atoms with van der Waals surface area (Å²) in [6.45, 7) is 0.404. The first-order chi connectivity index (χ1) is 11.1. The van der Waals surface area contributed by atoms with Crippen molar-refractivity contribution in [2.45, 2.75) is 6.42 Å². The number of furan rings is 1.